The Morgan fingerprint density at radius 3 is 2.60 bits per heavy atom. The maximum atomic E-state index is 13.1. The third kappa shape index (κ3) is 4.18. The molecule has 0 radical (unpaired) electrons. The molecule has 2 aliphatic heterocycles. The van der Waals surface area contributed by atoms with Crippen molar-refractivity contribution in [3.8, 4) is 0 Å². The lowest BCUT2D eigenvalue weighted by Crippen LogP contribution is -2.43. The summed E-state index contributed by atoms with van der Waals surface area (Å²) in [7, 11) is -3.85. The second-order valence-electron chi connectivity index (χ2n) is 8.22. The number of anilines is 1. The summed E-state index contributed by atoms with van der Waals surface area (Å²) in [6, 6.07) is 4.15. The largest absolute Gasteiger partial charge is 0.466 e. The highest BCUT2D eigenvalue weighted by molar-refractivity contribution is 7.94. The smallest absolute Gasteiger partial charge is 0.310 e. The minimum Gasteiger partial charge on any atom is -0.466 e. The molecular weight excluding hydrogens is 432 g/mol. The normalized spacial score (nSPS) is 22.8. The highest BCUT2D eigenvalue weighted by atomic mass is 35.5. The summed E-state index contributed by atoms with van der Waals surface area (Å²) in [6.45, 7) is 5.78. The molecule has 2 fully saturated rings. The van der Waals surface area contributed by atoms with Gasteiger partial charge in [0.15, 0.2) is 0 Å². The first kappa shape index (κ1) is 22.6. The summed E-state index contributed by atoms with van der Waals surface area (Å²) in [6.07, 6.45) is 1.27. The molecule has 0 bridgehead atoms. The number of sulfonamides is 1. The predicted octanol–water partition coefficient (Wildman–Crippen LogP) is 2.46. The van der Waals surface area contributed by atoms with E-state index in [1.54, 1.807) is 20.8 Å². The Balaban J connectivity index is 1.90. The molecule has 2 amide bonds. The number of hydrogen-bond acceptors (Lipinski definition) is 6. The molecule has 1 atom stereocenters. The van der Waals surface area contributed by atoms with E-state index in [1.807, 2.05) is 0 Å². The van der Waals surface area contributed by atoms with Crippen LogP contribution in [-0.4, -0.2) is 56.6 Å². The van der Waals surface area contributed by atoms with Gasteiger partial charge in [-0.3, -0.25) is 14.4 Å². The van der Waals surface area contributed by atoms with Gasteiger partial charge in [-0.2, -0.15) is 0 Å². The number of ether oxygens (including phenoxy) is 1. The molecule has 0 unspecified atom stereocenters. The van der Waals surface area contributed by atoms with Crippen molar-refractivity contribution in [3.05, 3.63) is 28.8 Å². The topological polar surface area (TPSA) is 101 Å². The third-order valence-corrected chi connectivity index (χ3v) is 7.68. The molecule has 1 aromatic rings. The molecule has 0 aliphatic carbocycles. The summed E-state index contributed by atoms with van der Waals surface area (Å²) in [5, 5.41) is 0.144. The number of likely N-dealkylation sites (tertiary alicyclic amines) is 1. The molecule has 2 aliphatic rings. The first-order valence-electron chi connectivity index (χ1n) is 9.81. The minimum atomic E-state index is -3.85. The Morgan fingerprint density at radius 2 is 2.00 bits per heavy atom. The van der Waals surface area contributed by atoms with E-state index in [1.165, 1.54) is 23.1 Å². The van der Waals surface area contributed by atoms with Gasteiger partial charge in [0.25, 0.3) is 5.91 Å². The maximum Gasteiger partial charge on any atom is 0.310 e. The van der Waals surface area contributed by atoms with Crippen molar-refractivity contribution in [2.75, 3.05) is 29.8 Å². The van der Waals surface area contributed by atoms with Gasteiger partial charge in [-0.15, -0.1) is 0 Å². The highest BCUT2D eigenvalue weighted by Crippen LogP contribution is 2.37. The second kappa shape index (κ2) is 8.19. The van der Waals surface area contributed by atoms with Crippen molar-refractivity contribution in [1.29, 1.82) is 0 Å². The molecule has 0 N–H and O–H groups in total. The van der Waals surface area contributed by atoms with Gasteiger partial charge in [0, 0.05) is 13.1 Å². The van der Waals surface area contributed by atoms with E-state index in [-0.39, 0.29) is 41.1 Å². The van der Waals surface area contributed by atoms with E-state index in [2.05, 4.69) is 0 Å². The van der Waals surface area contributed by atoms with Crippen LogP contribution in [-0.2, 0) is 24.3 Å². The lowest BCUT2D eigenvalue weighted by Gasteiger charge is -2.32. The second-order valence-corrected chi connectivity index (χ2v) is 10.4. The van der Waals surface area contributed by atoms with Crippen molar-refractivity contribution in [2.45, 2.75) is 33.6 Å². The fourth-order valence-corrected chi connectivity index (χ4v) is 6.15. The van der Waals surface area contributed by atoms with Gasteiger partial charge in [-0.1, -0.05) is 11.6 Å². The number of carbonyl (C=O) groups excluding carboxylic acids is 3. The molecule has 3 rings (SSSR count). The van der Waals surface area contributed by atoms with Crippen LogP contribution >= 0.6 is 11.6 Å². The Bertz CT molecular complexity index is 991. The van der Waals surface area contributed by atoms with Gasteiger partial charge in [0.2, 0.25) is 15.9 Å². The van der Waals surface area contributed by atoms with Gasteiger partial charge < -0.3 is 9.64 Å². The molecule has 1 aromatic carbocycles. The number of nitrogens with zero attached hydrogens (tertiary/aromatic N) is 2. The third-order valence-electron chi connectivity index (χ3n) is 5.33. The standard InChI is InChI=1S/C20H25ClN2O6S/c1-4-29-18(25)13-6-5-9-22(11-13)17(24)15-10-14(7-8-16(15)21)23-19(26)20(2,3)12-30(23,27)28/h7-8,10,13H,4-6,9,11-12H2,1-3H3/t13-/m1/s1. The van der Waals surface area contributed by atoms with Gasteiger partial charge in [-0.25, -0.2) is 12.7 Å². The quantitative estimate of drug-likeness (QED) is 0.645. The SMILES string of the molecule is CCOC(=O)[C@@H]1CCCN(C(=O)c2cc(N3C(=O)C(C)(C)CS3(=O)=O)ccc2Cl)C1. The Kier molecular flexibility index (Phi) is 6.15. The van der Waals surface area contributed by atoms with Crippen molar-refractivity contribution >= 4 is 45.1 Å². The summed E-state index contributed by atoms with van der Waals surface area (Å²) in [5.74, 6) is -2.03. The van der Waals surface area contributed by atoms with E-state index < -0.39 is 33.2 Å². The fraction of sp³-hybridized carbons (Fsp3) is 0.550. The number of hydrogen-bond donors (Lipinski definition) is 0. The zero-order valence-electron chi connectivity index (χ0n) is 17.2. The van der Waals surface area contributed by atoms with E-state index in [0.717, 1.165) is 4.31 Å². The number of amides is 2. The van der Waals surface area contributed by atoms with Crippen LogP contribution in [0, 0.1) is 11.3 Å². The molecule has 0 spiro atoms. The van der Waals surface area contributed by atoms with Crippen LogP contribution in [0.3, 0.4) is 0 Å². The van der Waals surface area contributed by atoms with Crippen molar-refractivity contribution < 1.29 is 27.5 Å². The summed E-state index contributed by atoms with van der Waals surface area (Å²) in [5.41, 5.74) is -0.883. The van der Waals surface area contributed by atoms with Crippen LogP contribution in [0.15, 0.2) is 18.2 Å². The summed E-state index contributed by atoms with van der Waals surface area (Å²) >= 11 is 6.24. The highest BCUT2D eigenvalue weighted by Gasteiger charge is 2.50. The number of esters is 1. The molecular formula is C20H25ClN2O6S. The van der Waals surface area contributed by atoms with Crippen LogP contribution in [0.1, 0.15) is 44.0 Å². The van der Waals surface area contributed by atoms with Crippen molar-refractivity contribution in [1.82, 2.24) is 4.90 Å². The van der Waals surface area contributed by atoms with E-state index in [4.69, 9.17) is 16.3 Å². The minimum absolute atomic E-state index is 0.0808. The summed E-state index contributed by atoms with van der Waals surface area (Å²) < 4.78 is 30.9. The number of carbonyl (C=O) groups is 3. The predicted molar refractivity (Wildman–Crippen MR) is 112 cm³/mol. The lowest BCUT2D eigenvalue weighted by atomic mass is 9.95. The first-order valence-corrected chi connectivity index (χ1v) is 11.8. The molecule has 164 valence electrons. The van der Waals surface area contributed by atoms with Gasteiger partial charge >= 0.3 is 5.97 Å². The average molecular weight is 457 g/mol. The van der Waals surface area contributed by atoms with Crippen LogP contribution in [0.25, 0.3) is 0 Å². The average Bonchev–Trinajstić information content (AvgIpc) is 2.84. The first-order chi connectivity index (χ1) is 14.0. The molecule has 8 nitrogen and oxygen atoms in total. The summed E-state index contributed by atoms with van der Waals surface area (Å²) in [4.78, 5) is 39.4. The number of benzene rings is 1. The number of piperidine rings is 1. The number of halogens is 1. The monoisotopic (exact) mass is 456 g/mol. The molecule has 2 heterocycles. The van der Waals surface area contributed by atoms with Crippen LogP contribution in [0.5, 0.6) is 0 Å². The molecule has 30 heavy (non-hydrogen) atoms. The zero-order valence-corrected chi connectivity index (χ0v) is 18.8. The van der Waals surface area contributed by atoms with Gasteiger partial charge in [-0.05, 0) is 51.8 Å². The van der Waals surface area contributed by atoms with Crippen LogP contribution < -0.4 is 4.31 Å². The number of rotatable bonds is 4. The molecule has 10 heteroatoms. The van der Waals surface area contributed by atoms with Crippen LogP contribution in [0.2, 0.25) is 5.02 Å². The van der Waals surface area contributed by atoms with Gasteiger partial charge in [0.05, 0.1) is 40.0 Å². The fourth-order valence-electron chi connectivity index (χ4n) is 3.85. The van der Waals surface area contributed by atoms with E-state index >= 15 is 0 Å². The van der Waals surface area contributed by atoms with E-state index in [0.29, 0.717) is 19.4 Å². The molecule has 0 aromatic heterocycles. The Hall–Kier alpha value is -2.13. The van der Waals surface area contributed by atoms with Crippen LogP contribution in [0.4, 0.5) is 5.69 Å². The van der Waals surface area contributed by atoms with E-state index in [9.17, 15) is 22.8 Å². The van der Waals surface area contributed by atoms with Gasteiger partial charge in [0.1, 0.15) is 0 Å². The molecule has 2 saturated heterocycles. The Morgan fingerprint density at radius 1 is 1.30 bits per heavy atom. The maximum absolute atomic E-state index is 13.1. The van der Waals surface area contributed by atoms with Crippen molar-refractivity contribution in [2.24, 2.45) is 11.3 Å². The Labute approximate surface area is 181 Å². The zero-order chi connectivity index (χ0) is 22.3. The molecule has 0 saturated carbocycles. The van der Waals surface area contributed by atoms with Crippen molar-refractivity contribution in [3.63, 3.8) is 0 Å². The lowest BCUT2D eigenvalue weighted by molar-refractivity contribution is -0.149.